The van der Waals surface area contributed by atoms with Gasteiger partial charge in [-0.2, -0.15) is 4.98 Å². The maximum absolute atomic E-state index is 13.4. The van der Waals surface area contributed by atoms with E-state index in [4.69, 9.17) is 10.5 Å². The lowest BCUT2D eigenvalue weighted by Gasteiger charge is -2.30. The molecular formula is C16H19FN4O2. The van der Waals surface area contributed by atoms with Crippen LogP contribution >= 0.6 is 0 Å². The predicted octanol–water partition coefficient (Wildman–Crippen LogP) is 1.93. The largest absolute Gasteiger partial charge is 0.489 e. The van der Waals surface area contributed by atoms with E-state index < -0.39 is 0 Å². The summed E-state index contributed by atoms with van der Waals surface area (Å²) in [5.41, 5.74) is 6.55. The summed E-state index contributed by atoms with van der Waals surface area (Å²) in [6.07, 6.45) is 1.15. The molecule has 0 amide bonds. The zero-order chi connectivity index (χ0) is 16.2. The first-order valence-electron chi connectivity index (χ1n) is 7.55. The van der Waals surface area contributed by atoms with Crippen molar-refractivity contribution in [1.82, 2.24) is 9.97 Å². The number of anilines is 2. The van der Waals surface area contributed by atoms with E-state index in [1.54, 1.807) is 18.2 Å². The number of hydrogen-bond donors (Lipinski definition) is 3. The molecule has 6 nitrogen and oxygen atoms in total. The van der Waals surface area contributed by atoms with E-state index in [1.807, 2.05) is 6.07 Å². The molecule has 3 rings (SSSR count). The number of nitrogens with zero attached hydrogens (tertiary/aromatic N) is 2. The van der Waals surface area contributed by atoms with Crippen LogP contribution in [0, 0.1) is 5.82 Å². The zero-order valence-corrected chi connectivity index (χ0v) is 12.6. The standard InChI is InChI=1S/C16H19FN4O2/c17-12-3-1-2-4-14(12)23-6-5-19-15-9-13(20-16(18)21-15)10-7-11(22)8-10/h1-4,9-11,22H,5-8H2,(H3,18,19,20,21). The molecule has 0 bridgehead atoms. The molecule has 0 spiro atoms. The zero-order valence-electron chi connectivity index (χ0n) is 12.6. The van der Waals surface area contributed by atoms with Gasteiger partial charge in [-0.1, -0.05) is 12.1 Å². The smallest absolute Gasteiger partial charge is 0.222 e. The molecule has 122 valence electrons. The molecule has 0 saturated heterocycles. The highest BCUT2D eigenvalue weighted by Gasteiger charge is 2.30. The highest BCUT2D eigenvalue weighted by atomic mass is 19.1. The molecule has 1 heterocycles. The van der Waals surface area contributed by atoms with Crippen LogP contribution in [0.1, 0.15) is 24.5 Å². The second kappa shape index (κ2) is 6.78. The van der Waals surface area contributed by atoms with Crippen molar-refractivity contribution in [1.29, 1.82) is 0 Å². The van der Waals surface area contributed by atoms with E-state index >= 15 is 0 Å². The van der Waals surface area contributed by atoms with Gasteiger partial charge in [-0.15, -0.1) is 0 Å². The Balaban J connectivity index is 1.53. The molecule has 0 unspecified atom stereocenters. The first kappa shape index (κ1) is 15.5. The third kappa shape index (κ3) is 3.87. The van der Waals surface area contributed by atoms with E-state index in [-0.39, 0.29) is 29.5 Å². The van der Waals surface area contributed by atoms with Gasteiger partial charge in [-0.25, -0.2) is 9.37 Å². The van der Waals surface area contributed by atoms with Gasteiger partial charge in [0.25, 0.3) is 0 Å². The molecule has 2 aromatic rings. The molecule has 0 aliphatic heterocycles. The Morgan fingerprint density at radius 2 is 2.09 bits per heavy atom. The number of para-hydroxylation sites is 1. The third-order valence-corrected chi connectivity index (χ3v) is 3.80. The van der Waals surface area contributed by atoms with Crippen LogP contribution in [-0.4, -0.2) is 34.3 Å². The van der Waals surface area contributed by atoms with E-state index in [9.17, 15) is 9.50 Å². The molecular weight excluding hydrogens is 299 g/mol. The van der Waals surface area contributed by atoms with Crippen molar-refractivity contribution >= 4 is 11.8 Å². The van der Waals surface area contributed by atoms with Crippen molar-refractivity contribution in [3.05, 3.63) is 41.8 Å². The van der Waals surface area contributed by atoms with Gasteiger partial charge in [0.2, 0.25) is 5.95 Å². The van der Waals surface area contributed by atoms with Crippen molar-refractivity contribution in [3.8, 4) is 5.75 Å². The predicted molar refractivity (Wildman–Crippen MR) is 84.8 cm³/mol. The van der Waals surface area contributed by atoms with Crippen LogP contribution in [0.2, 0.25) is 0 Å². The maximum atomic E-state index is 13.4. The highest BCUT2D eigenvalue weighted by Crippen LogP contribution is 2.36. The maximum Gasteiger partial charge on any atom is 0.222 e. The van der Waals surface area contributed by atoms with Crippen molar-refractivity contribution in [2.45, 2.75) is 24.9 Å². The molecule has 4 N–H and O–H groups in total. The molecule has 1 aliphatic carbocycles. The normalized spacial score (nSPS) is 19.9. The number of halogens is 1. The fraction of sp³-hybridized carbons (Fsp3) is 0.375. The van der Waals surface area contributed by atoms with Gasteiger partial charge in [0, 0.05) is 12.0 Å². The fourth-order valence-electron chi connectivity index (χ4n) is 2.52. The van der Waals surface area contributed by atoms with E-state index in [2.05, 4.69) is 15.3 Å². The summed E-state index contributed by atoms with van der Waals surface area (Å²) in [6.45, 7) is 0.750. The lowest BCUT2D eigenvalue weighted by molar-refractivity contribution is 0.0732. The Morgan fingerprint density at radius 3 is 2.83 bits per heavy atom. The SMILES string of the molecule is Nc1nc(NCCOc2ccccc2F)cc(C2CC(O)C2)n1. The van der Waals surface area contributed by atoms with Crippen molar-refractivity contribution < 1.29 is 14.2 Å². The second-order valence-corrected chi connectivity index (χ2v) is 5.56. The molecule has 23 heavy (non-hydrogen) atoms. The summed E-state index contributed by atoms with van der Waals surface area (Å²) in [7, 11) is 0. The van der Waals surface area contributed by atoms with Crippen LogP contribution in [0.3, 0.4) is 0 Å². The minimum absolute atomic E-state index is 0.196. The fourth-order valence-corrected chi connectivity index (χ4v) is 2.52. The number of hydrogen-bond acceptors (Lipinski definition) is 6. The number of nitrogens with one attached hydrogen (secondary N) is 1. The summed E-state index contributed by atoms with van der Waals surface area (Å²) >= 11 is 0. The number of nitrogen functional groups attached to an aromatic ring is 1. The first-order valence-corrected chi connectivity index (χ1v) is 7.55. The lowest BCUT2D eigenvalue weighted by atomic mass is 9.80. The number of aliphatic hydroxyl groups is 1. The summed E-state index contributed by atoms with van der Waals surface area (Å²) in [6, 6.07) is 8.10. The van der Waals surface area contributed by atoms with E-state index in [1.165, 1.54) is 6.07 Å². The van der Waals surface area contributed by atoms with Gasteiger partial charge in [0.05, 0.1) is 18.3 Å². The summed E-state index contributed by atoms with van der Waals surface area (Å²) in [5.74, 6) is 0.864. The average Bonchev–Trinajstić information content (AvgIpc) is 2.49. The van der Waals surface area contributed by atoms with Gasteiger partial charge >= 0.3 is 0 Å². The number of aliphatic hydroxyl groups excluding tert-OH is 1. The van der Waals surface area contributed by atoms with Gasteiger partial charge in [-0.3, -0.25) is 0 Å². The Hall–Kier alpha value is -2.41. The van der Waals surface area contributed by atoms with Gasteiger partial charge in [0.15, 0.2) is 11.6 Å². The molecule has 1 fully saturated rings. The summed E-state index contributed by atoms with van der Waals surface area (Å²) in [5, 5.41) is 12.5. The number of nitrogens with two attached hydrogens (primary N) is 1. The third-order valence-electron chi connectivity index (χ3n) is 3.80. The number of aromatic nitrogens is 2. The van der Waals surface area contributed by atoms with Crippen LogP contribution in [0.25, 0.3) is 0 Å². The minimum Gasteiger partial charge on any atom is -0.489 e. The Bertz CT molecular complexity index is 677. The molecule has 1 aromatic carbocycles. The molecule has 1 aromatic heterocycles. The van der Waals surface area contributed by atoms with Crippen LogP contribution < -0.4 is 15.8 Å². The highest BCUT2D eigenvalue weighted by molar-refractivity contribution is 5.42. The Kier molecular flexibility index (Phi) is 4.57. The van der Waals surface area contributed by atoms with Crippen molar-refractivity contribution in [3.63, 3.8) is 0 Å². The summed E-state index contributed by atoms with van der Waals surface area (Å²) in [4.78, 5) is 8.33. The van der Waals surface area contributed by atoms with Crippen LogP contribution in [0.4, 0.5) is 16.2 Å². The molecule has 0 radical (unpaired) electrons. The number of ether oxygens (including phenoxy) is 1. The molecule has 1 aliphatic rings. The van der Waals surface area contributed by atoms with E-state index in [0.29, 0.717) is 31.8 Å². The topological polar surface area (TPSA) is 93.3 Å². The Labute approximate surface area is 133 Å². The minimum atomic E-state index is -0.385. The molecule has 1 saturated carbocycles. The molecule has 7 heteroatoms. The van der Waals surface area contributed by atoms with Crippen LogP contribution in [0.15, 0.2) is 30.3 Å². The lowest BCUT2D eigenvalue weighted by Crippen LogP contribution is -2.27. The monoisotopic (exact) mass is 318 g/mol. The van der Waals surface area contributed by atoms with Gasteiger partial charge in [-0.05, 0) is 25.0 Å². The van der Waals surface area contributed by atoms with Gasteiger partial charge in [0.1, 0.15) is 12.4 Å². The number of benzene rings is 1. The van der Waals surface area contributed by atoms with Gasteiger partial charge < -0.3 is 20.9 Å². The molecule has 0 atom stereocenters. The average molecular weight is 318 g/mol. The quantitative estimate of drug-likeness (QED) is 0.705. The van der Waals surface area contributed by atoms with Crippen molar-refractivity contribution in [2.24, 2.45) is 0 Å². The summed E-state index contributed by atoms with van der Waals surface area (Å²) < 4.78 is 18.8. The van der Waals surface area contributed by atoms with E-state index in [0.717, 1.165) is 5.69 Å². The first-order chi connectivity index (χ1) is 11.1. The van der Waals surface area contributed by atoms with Crippen LogP contribution in [0.5, 0.6) is 5.75 Å². The second-order valence-electron chi connectivity index (χ2n) is 5.56. The number of rotatable bonds is 6. The Morgan fingerprint density at radius 1 is 1.30 bits per heavy atom. The van der Waals surface area contributed by atoms with Crippen LogP contribution in [-0.2, 0) is 0 Å². The van der Waals surface area contributed by atoms with Crippen molar-refractivity contribution in [2.75, 3.05) is 24.2 Å².